The van der Waals surface area contributed by atoms with Gasteiger partial charge < -0.3 is 10.2 Å². The Hall–Kier alpha value is -1.84. The minimum Gasteiger partial charge on any atom is -0.356 e. The van der Waals surface area contributed by atoms with Crippen molar-refractivity contribution < 1.29 is 9.59 Å². The Bertz CT molecular complexity index is 568. The van der Waals surface area contributed by atoms with E-state index in [1.165, 1.54) is 18.4 Å². The summed E-state index contributed by atoms with van der Waals surface area (Å²) in [6, 6.07) is 8.06. The molecule has 0 radical (unpaired) electrons. The fourth-order valence-corrected chi connectivity index (χ4v) is 3.38. The van der Waals surface area contributed by atoms with Crippen molar-refractivity contribution in [3.63, 3.8) is 0 Å². The second kappa shape index (κ2) is 9.59. The first kappa shape index (κ1) is 19.5. The number of hydrogen-bond acceptors (Lipinski definition) is 2. The van der Waals surface area contributed by atoms with Gasteiger partial charge in [-0.15, -0.1) is 0 Å². The molecule has 138 valence electrons. The molecule has 0 saturated carbocycles. The number of amides is 2. The largest absolute Gasteiger partial charge is 0.356 e. The maximum Gasteiger partial charge on any atom is 0.227 e. The maximum absolute atomic E-state index is 12.5. The zero-order valence-electron chi connectivity index (χ0n) is 15.9. The Balaban J connectivity index is 1.88. The SMILES string of the molecule is CCCC[C@H](CC)CNC(=O)[C@H]1CC(=O)N(c2ccc(CC)cc2)C1. The maximum atomic E-state index is 12.5. The Labute approximate surface area is 152 Å². The molecule has 0 bridgehead atoms. The second-order valence-electron chi connectivity index (χ2n) is 7.09. The Morgan fingerprint density at radius 3 is 2.56 bits per heavy atom. The van der Waals surface area contributed by atoms with Gasteiger partial charge in [0.1, 0.15) is 0 Å². The molecule has 25 heavy (non-hydrogen) atoms. The van der Waals surface area contributed by atoms with Crippen LogP contribution in [-0.2, 0) is 16.0 Å². The number of nitrogens with one attached hydrogen (secondary N) is 1. The molecule has 0 aromatic heterocycles. The minimum absolute atomic E-state index is 0.0241. The first-order valence-corrected chi connectivity index (χ1v) is 9.75. The van der Waals surface area contributed by atoms with E-state index in [4.69, 9.17) is 0 Å². The predicted molar refractivity (Wildman–Crippen MR) is 103 cm³/mol. The zero-order valence-corrected chi connectivity index (χ0v) is 15.9. The van der Waals surface area contributed by atoms with Gasteiger partial charge in [0.2, 0.25) is 11.8 Å². The van der Waals surface area contributed by atoms with Gasteiger partial charge in [0.05, 0.1) is 5.92 Å². The van der Waals surface area contributed by atoms with E-state index in [9.17, 15) is 9.59 Å². The normalized spacial score (nSPS) is 18.4. The van der Waals surface area contributed by atoms with Crippen molar-refractivity contribution in [2.24, 2.45) is 11.8 Å². The molecule has 4 heteroatoms. The molecule has 4 nitrogen and oxygen atoms in total. The average molecular weight is 344 g/mol. The van der Waals surface area contributed by atoms with Gasteiger partial charge >= 0.3 is 0 Å². The fourth-order valence-electron chi connectivity index (χ4n) is 3.38. The third kappa shape index (κ3) is 5.32. The van der Waals surface area contributed by atoms with E-state index >= 15 is 0 Å². The molecule has 1 aliphatic heterocycles. The summed E-state index contributed by atoms with van der Waals surface area (Å²) >= 11 is 0. The summed E-state index contributed by atoms with van der Waals surface area (Å²) in [6.45, 7) is 7.69. The van der Waals surface area contributed by atoms with Crippen LogP contribution < -0.4 is 10.2 Å². The minimum atomic E-state index is -0.234. The van der Waals surface area contributed by atoms with Crippen LogP contribution in [-0.4, -0.2) is 24.9 Å². The number of benzene rings is 1. The van der Waals surface area contributed by atoms with Gasteiger partial charge in [-0.1, -0.05) is 52.2 Å². The van der Waals surface area contributed by atoms with Crippen molar-refractivity contribution in [2.45, 2.75) is 59.3 Å². The first-order valence-electron chi connectivity index (χ1n) is 9.75. The molecule has 1 N–H and O–H groups in total. The van der Waals surface area contributed by atoms with Crippen LogP contribution in [0.4, 0.5) is 5.69 Å². The van der Waals surface area contributed by atoms with Crippen LogP contribution >= 0.6 is 0 Å². The van der Waals surface area contributed by atoms with Crippen LogP contribution in [0, 0.1) is 11.8 Å². The molecule has 2 rings (SSSR count). The van der Waals surface area contributed by atoms with Gasteiger partial charge in [0.15, 0.2) is 0 Å². The summed E-state index contributed by atoms with van der Waals surface area (Å²) in [7, 11) is 0. The van der Waals surface area contributed by atoms with Gasteiger partial charge in [0, 0.05) is 25.2 Å². The number of carbonyl (C=O) groups is 2. The van der Waals surface area contributed by atoms with Crippen molar-refractivity contribution in [2.75, 3.05) is 18.0 Å². The van der Waals surface area contributed by atoms with Crippen LogP contribution in [0.15, 0.2) is 24.3 Å². The van der Waals surface area contributed by atoms with Gasteiger partial charge in [-0.05, 0) is 36.5 Å². The summed E-state index contributed by atoms with van der Waals surface area (Å²) in [5.74, 6) is 0.374. The number of rotatable bonds is 9. The molecule has 1 aliphatic rings. The van der Waals surface area contributed by atoms with Crippen LogP contribution in [0.2, 0.25) is 0 Å². The van der Waals surface area contributed by atoms with E-state index in [1.807, 2.05) is 12.1 Å². The number of anilines is 1. The molecule has 1 aromatic rings. The van der Waals surface area contributed by atoms with Gasteiger partial charge in [-0.2, -0.15) is 0 Å². The molecule has 0 spiro atoms. The van der Waals surface area contributed by atoms with Crippen LogP contribution in [0.1, 0.15) is 58.4 Å². The number of aryl methyl sites for hydroxylation is 1. The van der Waals surface area contributed by atoms with E-state index in [2.05, 4.69) is 38.2 Å². The lowest BCUT2D eigenvalue weighted by atomic mass is 9.99. The van der Waals surface area contributed by atoms with Gasteiger partial charge in [-0.3, -0.25) is 9.59 Å². The molecule has 2 atom stereocenters. The monoisotopic (exact) mass is 344 g/mol. The summed E-state index contributed by atoms with van der Waals surface area (Å²) in [5, 5.41) is 3.08. The number of nitrogens with zero attached hydrogens (tertiary/aromatic N) is 1. The smallest absolute Gasteiger partial charge is 0.227 e. The van der Waals surface area contributed by atoms with Gasteiger partial charge in [0.25, 0.3) is 0 Å². The molecule has 0 unspecified atom stereocenters. The van der Waals surface area contributed by atoms with Crippen LogP contribution in [0.5, 0.6) is 0 Å². The van der Waals surface area contributed by atoms with Crippen molar-refractivity contribution in [1.29, 1.82) is 0 Å². The Morgan fingerprint density at radius 2 is 1.96 bits per heavy atom. The molecule has 2 amide bonds. The van der Waals surface area contributed by atoms with Crippen molar-refractivity contribution in [3.8, 4) is 0 Å². The molecule has 1 heterocycles. The fraction of sp³-hybridized carbons (Fsp3) is 0.619. The topological polar surface area (TPSA) is 49.4 Å². The molecule has 0 aliphatic carbocycles. The highest BCUT2D eigenvalue weighted by Crippen LogP contribution is 2.25. The van der Waals surface area contributed by atoms with Crippen molar-refractivity contribution >= 4 is 17.5 Å². The number of unbranched alkanes of at least 4 members (excludes halogenated alkanes) is 1. The third-order valence-corrected chi connectivity index (χ3v) is 5.26. The lowest BCUT2D eigenvalue weighted by molar-refractivity contribution is -0.126. The summed E-state index contributed by atoms with van der Waals surface area (Å²) < 4.78 is 0. The lowest BCUT2D eigenvalue weighted by Crippen LogP contribution is -2.35. The lowest BCUT2D eigenvalue weighted by Gasteiger charge is -2.18. The average Bonchev–Trinajstić information content (AvgIpc) is 3.03. The van der Waals surface area contributed by atoms with Gasteiger partial charge in [-0.25, -0.2) is 0 Å². The molecular formula is C21H32N2O2. The molecule has 1 fully saturated rings. The number of hydrogen-bond donors (Lipinski definition) is 1. The zero-order chi connectivity index (χ0) is 18.2. The molecule has 1 saturated heterocycles. The number of carbonyl (C=O) groups excluding carboxylic acids is 2. The highest BCUT2D eigenvalue weighted by Gasteiger charge is 2.35. The quantitative estimate of drug-likeness (QED) is 0.738. The van der Waals surface area contributed by atoms with E-state index in [0.29, 0.717) is 18.9 Å². The van der Waals surface area contributed by atoms with Crippen molar-refractivity contribution in [3.05, 3.63) is 29.8 Å². The molecule has 1 aromatic carbocycles. The highest BCUT2D eigenvalue weighted by molar-refractivity contribution is 6.00. The van der Waals surface area contributed by atoms with E-state index in [0.717, 1.165) is 31.5 Å². The standard InChI is InChI=1S/C21H32N2O2/c1-4-7-8-17(6-3)14-22-21(25)18-13-20(24)23(15-18)19-11-9-16(5-2)10-12-19/h9-12,17-18H,4-8,13-15H2,1-3H3,(H,22,25)/t17-,18-/m0/s1. The van der Waals surface area contributed by atoms with Crippen LogP contribution in [0.3, 0.4) is 0 Å². The Kier molecular flexibility index (Phi) is 7.48. The first-order chi connectivity index (χ1) is 12.1. The van der Waals surface area contributed by atoms with E-state index < -0.39 is 0 Å². The third-order valence-electron chi connectivity index (χ3n) is 5.26. The van der Waals surface area contributed by atoms with E-state index in [-0.39, 0.29) is 17.7 Å². The Morgan fingerprint density at radius 1 is 1.24 bits per heavy atom. The summed E-state index contributed by atoms with van der Waals surface area (Å²) in [6.07, 6.45) is 5.93. The molecular weight excluding hydrogens is 312 g/mol. The van der Waals surface area contributed by atoms with Crippen molar-refractivity contribution in [1.82, 2.24) is 5.32 Å². The summed E-state index contributed by atoms with van der Waals surface area (Å²) in [5.41, 5.74) is 2.15. The summed E-state index contributed by atoms with van der Waals surface area (Å²) in [4.78, 5) is 26.5. The second-order valence-corrected chi connectivity index (χ2v) is 7.09. The van der Waals surface area contributed by atoms with E-state index in [1.54, 1.807) is 4.90 Å². The highest BCUT2D eigenvalue weighted by atomic mass is 16.2. The van der Waals surface area contributed by atoms with Crippen LogP contribution in [0.25, 0.3) is 0 Å². The predicted octanol–water partition coefficient (Wildman–Crippen LogP) is 3.93.